The topological polar surface area (TPSA) is 164 Å². The van der Waals surface area contributed by atoms with Crippen molar-refractivity contribution in [3.63, 3.8) is 0 Å². The van der Waals surface area contributed by atoms with E-state index in [1.54, 1.807) is 44.3 Å². The number of phenolic OH excluding ortho intramolecular Hbond substituents is 1. The predicted octanol–water partition coefficient (Wildman–Crippen LogP) is 3.05. The van der Waals surface area contributed by atoms with Crippen molar-refractivity contribution >= 4 is 23.6 Å². The smallest absolute Gasteiger partial charge is 0.255 e. The Morgan fingerprint density at radius 2 is 1.70 bits per heavy atom. The van der Waals surface area contributed by atoms with Crippen molar-refractivity contribution in [2.24, 2.45) is 5.92 Å². The number of nitrogens with one attached hydrogen (secondary N) is 4. The number of imidazole rings is 1. The van der Waals surface area contributed by atoms with Crippen LogP contribution in [0.25, 0.3) is 0 Å². The lowest BCUT2D eigenvalue weighted by Gasteiger charge is -2.25. The zero-order valence-corrected chi connectivity index (χ0v) is 26.4. The molecule has 0 saturated carbocycles. The molecule has 4 aromatic rings. The number of aromatic nitrogens is 2. The molecule has 12 nitrogen and oxygen atoms in total. The minimum absolute atomic E-state index is 0.0686. The van der Waals surface area contributed by atoms with E-state index in [4.69, 9.17) is 4.74 Å². The lowest BCUT2D eigenvalue weighted by molar-refractivity contribution is -0.132. The Balaban J connectivity index is 1.38. The number of carbonyl (C=O) groups excluding carboxylic acids is 4. The van der Waals surface area contributed by atoms with Crippen molar-refractivity contribution in [2.75, 3.05) is 0 Å². The number of hydrogen-bond acceptors (Lipinski definition) is 7. The van der Waals surface area contributed by atoms with E-state index in [0.717, 1.165) is 11.1 Å². The Morgan fingerprint density at radius 1 is 0.979 bits per heavy atom. The van der Waals surface area contributed by atoms with Crippen molar-refractivity contribution in [3.05, 3.63) is 108 Å². The second-order valence-corrected chi connectivity index (χ2v) is 11.8. The molecular formula is C35H38N6O6. The van der Waals surface area contributed by atoms with Crippen molar-refractivity contribution in [1.29, 1.82) is 0 Å². The minimum atomic E-state index is -1.04. The van der Waals surface area contributed by atoms with Crippen LogP contribution >= 0.6 is 0 Å². The summed E-state index contributed by atoms with van der Waals surface area (Å²) in [5.41, 5.74) is 1.76. The maximum absolute atomic E-state index is 13.6. The molecule has 0 fully saturated rings. The van der Waals surface area contributed by atoms with E-state index in [1.807, 2.05) is 41.1 Å². The van der Waals surface area contributed by atoms with Gasteiger partial charge >= 0.3 is 0 Å². The van der Waals surface area contributed by atoms with Crippen LogP contribution in [0.5, 0.6) is 17.2 Å². The number of phenols is 1. The molecule has 0 radical (unpaired) electrons. The number of nitrogens with zero attached hydrogens (tertiary/aromatic N) is 2. The quantitative estimate of drug-likeness (QED) is 0.203. The SMILES string of the molecule is CC(C)[C@@H]1NC(=O)c2cc(ccc2O)Oc2ccc(cc2)C[C@@H](C(=O)NCc2nccn2Cc2ccccc2)NC(=O)[C@H](C)NC1=O. The predicted molar refractivity (Wildman–Crippen MR) is 174 cm³/mol. The van der Waals surface area contributed by atoms with Gasteiger partial charge in [-0.2, -0.15) is 0 Å². The third kappa shape index (κ3) is 8.34. The molecule has 3 heterocycles. The first kappa shape index (κ1) is 32.7. The molecule has 4 bridgehead atoms. The number of ether oxygens (including phenoxy) is 1. The maximum atomic E-state index is 13.6. The van der Waals surface area contributed by atoms with Crippen LogP contribution in [-0.2, 0) is 33.9 Å². The highest BCUT2D eigenvalue weighted by molar-refractivity contribution is 6.00. The molecule has 2 aliphatic rings. The standard InChI is InChI=1S/C35H38N6O6/c1-21(2)31-35(46)38-22(3)32(43)39-28(34(45)37-19-30-36-15-16-41(30)20-24-7-5-4-6-8-24)17-23-9-11-25(12-10-23)47-26-13-14-29(42)27(18-26)33(44)40-31/h4-16,18,21-22,28,31,42H,17,19-20H2,1-3H3,(H,37,45)(H,38,46)(H,39,43)(H,40,44)/t22-,28-,31-/m0/s1. The fraction of sp³-hybridized carbons (Fsp3) is 0.286. The molecule has 47 heavy (non-hydrogen) atoms. The van der Waals surface area contributed by atoms with Crippen LogP contribution in [0, 0.1) is 5.92 Å². The molecule has 12 heteroatoms. The fourth-order valence-corrected chi connectivity index (χ4v) is 5.18. The summed E-state index contributed by atoms with van der Waals surface area (Å²) < 4.78 is 7.87. The van der Waals surface area contributed by atoms with E-state index in [2.05, 4.69) is 26.3 Å². The van der Waals surface area contributed by atoms with E-state index in [9.17, 15) is 24.3 Å². The average Bonchev–Trinajstić information content (AvgIpc) is 3.50. The van der Waals surface area contributed by atoms with Gasteiger partial charge in [0.25, 0.3) is 5.91 Å². The summed E-state index contributed by atoms with van der Waals surface area (Å²) in [5.74, 6) is -1.51. The first-order valence-electron chi connectivity index (χ1n) is 15.4. The van der Waals surface area contributed by atoms with Crippen LogP contribution in [0.15, 0.2) is 85.2 Å². The van der Waals surface area contributed by atoms with Gasteiger partial charge in [0.1, 0.15) is 41.2 Å². The molecule has 4 amide bonds. The number of benzene rings is 3. The Hall–Kier alpha value is -5.65. The van der Waals surface area contributed by atoms with E-state index in [1.165, 1.54) is 25.1 Å². The normalized spacial score (nSPS) is 18.7. The largest absolute Gasteiger partial charge is 0.507 e. The first-order valence-corrected chi connectivity index (χ1v) is 15.4. The number of aromatic hydroxyl groups is 1. The van der Waals surface area contributed by atoms with E-state index in [-0.39, 0.29) is 30.2 Å². The molecule has 3 aromatic carbocycles. The Bertz CT molecular complexity index is 1740. The molecule has 0 unspecified atom stereocenters. The molecule has 0 saturated heterocycles. The molecular weight excluding hydrogens is 600 g/mol. The van der Waals surface area contributed by atoms with Crippen LogP contribution in [0.3, 0.4) is 0 Å². The number of rotatable bonds is 6. The first-order chi connectivity index (χ1) is 22.6. The number of hydrogen-bond donors (Lipinski definition) is 5. The number of carbonyl (C=O) groups is 4. The summed E-state index contributed by atoms with van der Waals surface area (Å²) >= 11 is 0. The van der Waals surface area contributed by atoms with Crippen molar-refractivity contribution in [2.45, 2.75) is 58.4 Å². The van der Waals surface area contributed by atoms with E-state index >= 15 is 0 Å². The van der Waals surface area contributed by atoms with Gasteiger partial charge in [-0.25, -0.2) is 4.98 Å². The van der Waals surface area contributed by atoms with Gasteiger partial charge < -0.3 is 35.7 Å². The van der Waals surface area contributed by atoms with Crippen LogP contribution in [0.4, 0.5) is 0 Å². The summed E-state index contributed by atoms with van der Waals surface area (Å²) in [7, 11) is 0. The molecule has 0 spiro atoms. The third-order valence-electron chi connectivity index (χ3n) is 7.85. The second kappa shape index (κ2) is 14.6. The van der Waals surface area contributed by atoms with Gasteiger partial charge in [-0.05, 0) is 54.3 Å². The average molecular weight is 639 g/mol. The van der Waals surface area contributed by atoms with Crippen molar-refractivity contribution in [3.8, 4) is 17.2 Å². The molecule has 2 aliphatic heterocycles. The molecule has 244 valence electrons. The highest BCUT2D eigenvalue weighted by Crippen LogP contribution is 2.28. The lowest BCUT2D eigenvalue weighted by atomic mass is 10.0. The maximum Gasteiger partial charge on any atom is 0.255 e. The van der Waals surface area contributed by atoms with E-state index in [0.29, 0.717) is 23.9 Å². The van der Waals surface area contributed by atoms with Gasteiger partial charge in [-0.15, -0.1) is 0 Å². The Kier molecular flexibility index (Phi) is 10.2. The van der Waals surface area contributed by atoms with Gasteiger partial charge in [-0.3, -0.25) is 19.2 Å². The third-order valence-corrected chi connectivity index (χ3v) is 7.85. The molecule has 0 aliphatic carbocycles. The summed E-state index contributed by atoms with van der Waals surface area (Å²) in [5, 5.41) is 21.4. The summed E-state index contributed by atoms with van der Waals surface area (Å²) in [6, 6.07) is 18.0. The fourth-order valence-electron chi connectivity index (χ4n) is 5.18. The molecule has 3 atom stereocenters. The lowest BCUT2D eigenvalue weighted by Crippen LogP contribution is -2.57. The van der Waals surface area contributed by atoms with Crippen LogP contribution in [-0.4, -0.2) is 56.4 Å². The summed E-state index contributed by atoms with van der Waals surface area (Å²) in [6.45, 7) is 5.71. The zero-order valence-electron chi connectivity index (χ0n) is 26.4. The van der Waals surface area contributed by atoms with Crippen LogP contribution in [0.2, 0.25) is 0 Å². The zero-order chi connectivity index (χ0) is 33.5. The van der Waals surface area contributed by atoms with Gasteiger partial charge in [0.2, 0.25) is 17.7 Å². The molecule has 5 N–H and O–H groups in total. The molecule has 6 rings (SSSR count). The summed E-state index contributed by atoms with van der Waals surface area (Å²) in [6.07, 6.45) is 3.67. The summed E-state index contributed by atoms with van der Waals surface area (Å²) in [4.78, 5) is 57.8. The highest BCUT2D eigenvalue weighted by atomic mass is 16.5. The van der Waals surface area contributed by atoms with Crippen molar-refractivity contribution < 1.29 is 29.0 Å². The number of amides is 4. The Labute approximate surface area is 272 Å². The van der Waals surface area contributed by atoms with Gasteiger partial charge in [0.05, 0.1) is 12.1 Å². The van der Waals surface area contributed by atoms with Crippen LogP contribution in [0.1, 0.15) is 48.1 Å². The monoisotopic (exact) mass is 638 g/mol. The highest BCUT2D eigenvalue weighted by Gasteiger charge is 2.30. The van der Waals surface area contributed by atoms with Crippen molar-refractivity contribution in [1.82, 2.24) is 30.8 Å². The number of fused-ring (bicyclic) bond motifs is 11. The van der Waals surface area contributed by atoms with Crippen LogP contribution < -0.4 is 26.0 Å². The van der Waals surface area contributed by atoms with Gasteiger partial charge in [-0.1, -0.05) is 56.3 Å². The van der Waals surface area contributed by atoms with Gasteiger partial charge in [0, 0.05) is 25.4 Å². The Morgan fingerprint density at radius 3 is 2.43 bits per heavy atom. The van der Waals surface area contributed by atoms with E-state index < -0.39 is 41.8 Å². The van der Waals surface area contributed by atoms with Gasteiger partial charge in [0.15, 0.2) is 0 Å². The minimum Gasteiger partial charge on any atom is -0.507 e. The second-order valence-electron chi connectivity index (χ2n) is 11.8. The molecule has 1 aromatic heterocycles.